The highest BCUT2D eigenvalue weighted by atomic mass is 16.7. The predicted octanol–water partition coefficient (Wildman–Crippen LogP) is 26.6. The number of esters is 3. The van der Waals surface area contributed by atoms with Gasteiger partial charge < -0.3 is 58.0 Å². The van der Waals surface area contributed by atoms with Crippen LogP contribution in [0.3, 0.4) is 0 Å². The van der Waals surface area contributed by atoms with Crippen LogP contribution in [0.25, 0.3) is 0 Å². The summed E-state index contributed by atoms with van der Waals surface area (Å²) >= 11 is 0. The van der Waals surface area contributed by atoms with E-state index in [9.17, 15) is 15.3 Å². The topological polar surface area (TPSA) is 246 Å². The van der Waals surface area contributed by atoms with Crippen LogP contribution in [0.2, 0.25) is 0 Å². The summed E-state index contributed by atoms with van der Waals surface area (Å²) in [5.74, 6) is -7.27. The molecule has 18 nitrogen and oxygen atoms in total. The Morgan fingerprint density at radius 3 is 0.563 bits per heavy atom. The lowest BCUT2D eigenvalue weighted by molar-refractivity contribution is -0.293. The van der Waals surface area contributed by atoms with Crippen molar-refractivity contribution in [2.24, 2.45) is 0 Å². The maximum absolute atomic E-state index is 18.0. The highest BCUT2D eigenvalue weighted by Gasteiger charge is 2.88. The van der Waals surface area contributed by atoms with Crippen molar-refractivity contribution < 1.29 is 86.7 Å². The SMILES string of the molecule is CCCCCCCCCCOc1ccc(C(=O)OC2(C(=O)c3ccc(OCCCCCCCCCC)cc3)[C@@](OC(=O)c3ccc(OCCCCCCCCCC)cc3)(C(=O)c3ccc(OCCCCCCCCCC)cc3)[C@@H](O)C(O)[C@@H](O)[C@@]2(OC(=O)c2ccc(OCCCCCCCCCC)cc2)C(=O)c2ccc(OCCCCCCCCCC)cc2)cc1. The fourth-order valence-electron chi connectivity index (χ4n) is 16.8. The molecule has 0 aliphatic heterocycles. The van der Waals surface area contributed by atoms with Crippen molar-refractivity contribution in [1.82, 2.24) is 0 Å². The largest absolute Gasteiger partial charge is 0.494 e. The molecule has 0 radical (unpaired) electrons. The first-order chi connectivity index (χ1) is 61.6. The number of hydrogen-bond donors (Lipinski definition) is 3. The van der Waals surface area contributed by atoms with Crippen LogP contribution in [-0.2, 0) is 14.2 Å². The number of ether oxygens (including phenoxy) is 9. The van der Waals surface area contributed by atoms with E-state index in [1.54, 1.807) is 0 Å². The molecular weight excluding hydrogens is 1590 g/mol. The van der Waals surface area contributed by atoms with Crippen LogP contribution in [0.5, 0.6) is 34.5 Å². The van der Waals surface area contributed by atoms with Gasteiger partial charge in [0.15, 0.2) is 0 Å². The van der Waals surface area contributed by atoms with E-state index in [-0.39, 0.29) is 29.0 Å². The van der Waals surface area contributed by atoms with E-state index < -0.39 is 87.1 Å². The Kier molecular flexibility index (Phi) is 50.6. The molecule has 1 saturated carbocycles. The number of Topliss-reactive ketones (excluding diaryl/α,β-unsaturated/α-hetero) is 3. The zero-order valence-electron chi connectivity index (χ0n) is 77.7. The molecule has 0 spiro atoms. The second kappa shape index (κ2) is 61.0. The molecule has 0 heterocycles. The third-order valence-corrected chi connectivity index (χ3v) is 24.5. The van der Waals surface area contributed by atoms with Gasteiger partial charge in [-0.3, -0.25) is 14.4 Å². The minimum absolute atomic E-state index is 0.275. The van der Waals surface area contributed by atoms with Gasteiger partial charge in [-0.15, -0.1) is 0 Å². The third kappa shape index (κ3) is 33.5. The van der Waals surface area contributed by atoms with Crippen LogP contribution in [-0.4, -0.2) is 125 Å². The van der Waals surface area contributed by atoms with E-state index in [0.717, 1.165) is 212 Å². The van der Waals surface area contributed by atoms with E-state index >= 15 is 28.8 Å². The Bertz CT molecular complexity index is 3780. The predicted molar refractivity (Wildman–Crippen MR) is 503 cm³/mol. The van der Waals surface area contributed by atoms with E-state index in [0.29, 0.717) is 81.0 Å². The Morgan fingerprint density at radius 1 is 0.214 bits per heavy atom. The lowest BCUT2D eigenvalue weighted by Gasteiger charge is -2.60. The number of carbonyl (C=O) groups excluding carboxylic acids is 6. The first kappa shape index (κ1) is 104. The molecule has 1 fully saturated rings. The molecule has 3 N–H and O–H groups in total. The number of benzene rings is 6. The fraction of sp³-hybridized carbons (Fsp3) is 0.611. The number of aliphatic hydroxyl groups is 3. The van der Waals surface area contributed by atoms with E-state index in [2.05, 4.69) is 41.5 Å². The standard InChI is InChI=1S/C108H156O18/c1-7-13-19-25-31-37-43-49-79-118-91-67-55-85(56-68-91)98(110)106(124-103(115)88-61-73-94(74-62-88)121-82-52-46-40-34-28-22-16-10-4)101(113)97(109)102(114)107(99(111)86-57-69-92(70-58-86)119-80-50-44-38-32-26-20-14-8-2,125-104(116)89-63-75-95(76-64-89)122-83-53-47-41-35-29-23-17-11-5)108(106,100(112)87-59-71-93(72-60-87)120-81-51-45-39-33-27-21-15-9-3)126-105(117)90-65-77-96(78-66-90)123-84-54-48-42-36-30-24-18-12-6/h55-78,97,101-102,109,113-114H,7-54,79-84H2,1-6H3/t97?,101-,102+,106+,107-,108?. The van der Waals surface area contributed by atoms with E-state index in [1.165, 1.54) is 223 Å². The van der Waals surface area contributed by atoms with Crippen LogP contribution in [0.15, 0.2) is 146 Å². The molecule has 2 unspecified atom stereocenters. The molecule has 6 atom stereocenters. The normalized spacial score (nSPS) is 17.3. The summed E-state index contributed by atoms with van der Waals surface area (Å²) in [5, 5.41) is 41.4. The van der Waals surface area contributed by atoms with Crippen LogP contribution >= 0.6 is 0 Å². The van der Waals surface area contributed by atoms with Crippen LogP contribution in [0.4, 0.5) is 0 Å². The lowest BCUT2D eigenvalue weighted by Crippen LogP contribution is -2.91. The number of ketones is 3. The first-order valence-corrected chi connectivity index (χ1v) is 49.3. The quantitative estimate of drug-likeness (QED) is 0.0139. The van der Waals surface area contributed by atoms with Gasteiger partial charge in [0.1, 0.15) is 52.8 Å². The summed E-state index contributed by atoms with van der Waals surface area (Å²) in [6, 6.07) is 33.4. The average molecular weight is 1740 g/mol. The molecule has 0 aromatic heterocycles. The Labute approximate surface area is 755 Å². The molecule has 18 heteroatoms. The zero-order valence-corrected chi connectivity index (χ0v) is 77.7. The maximum atomic E-state index is 18.0. The second-order valence-corrected chi connectivity index (χ2v) is 34.8. The molecule has 6 aromatic carbocycles. The van der Waals surface area contributed by atoms with Gasteiger partial charge >= 0.3 is 17.9 Å². The number of hydrogen-bond acceptors (Lipinski definition) is 18. The van der Waals surface area contributed by atoms with Gasteiger partial charge in [-0.1, -0.05) is 311 Å². The summed E-state index contributed by atoms with van der Waals surface area (Å²) in [7, 11) is 0. The molecule has 0 bridgehead atoms. The molecule has 696 valence electrons. The van der Waals surface area contributed by atoms with Gasteiger partial charge in [-0.05, 0) is 184 Å². The zero-order chi connectivity index (χ0) is 90.1. The Morgan fingerprint density at radius 2 is 0.373 bits per heavy atom. The molecule has 6 aromatic rings. The molecule has 1 aliphatic rings. The van der Waals surface area contributed by atoms with Crippen molar-refractivity contribution in [1.29, 1.82) is 0 Å². The van der Waals surface area contributed by atoms with Crippen molar-refractivity contribution in [2.75, 3.05) is 39.6 Å². The molecule has 7 rings (SSSR count). The molecule has 1 aliphatic carbocycles. The second-order valence-electron chi connectivity index (χ2n) is 34.8. The Balaban J connectivity index is 1.49. The van der Waals surface area contributed by atoms with Crippen molar-refractivity contribution in [3.63, 3.8) is 0 Å². The summed E-state index contributed by atoms with van der Waals surface area (Å²) < 4.78 is 58.3. The first-order valence-electron chi connectivity index (χ1n) is 49.3. The number of aliphatic hydroxyl groups excluding tert-OH is 3. The monoisotopic (exact) mass is 1740 g/mol. The van der Waals surface area contributed by atoms with Crippen LogP contribution in [0, 0.1) is 0 Å². The van der Waals surface area contributed by atoms with Gasteiger partial charge in [-0.25, -0.2) is 14.4 Å². The molecular formula is C108H156O18. The summed E-state index contributed by atoms with van der Waals surface area (Å²) in [6.45, 7) is 15.1. The van der Waals surface area contributed by atoms with E-state index in [4.69, 9.17) is 42.6 Å². The van der Waals surface area contributed by atoms with Crippen LogP contribution < -0.4 is 28.4 Å². The summed E-state index contributed by atoms with van der Waals surface area (Å²) in [6.07, 6.45) is 41.6. The van der Waals surface area contributed by atoms with Crippen molar-refractivity contribution >= 4 is 35.3 Å². The number of rotatable bonds is 72. The lowest BCUT2D eigenvalue weighted by atomic mass is 9.52. The fourth-order valence-corrected chi connectivity index (χ4v) is 16.8. The molecule has 0 amide bonds. The van der Waals surface area contributed by atoms with E-state index in [1.807, 2.05) is 0 Å². The summed E-state index contributed by atoms with van der Waals surface area (Å²) in [5.41, 5.74) is -14.7. The van der Waals surface area contributed by atoms with Crippen molar-refractivity contribution in [3.8, 4) is 34.5 Å². The van der Waals surface area contributed by atoms with Gasteiger partial charge in [0, 0.05) is 16.7 Å². The van der Waals surface area contributed by atoms with Gasteiger partial charge in [0.2, 0.25) is 17.3 Å². The third-order valence-electron chi connectivity index (χ3n) is 24.5. The van der Waals surface area contributed by atoms with Gasteiger partial charge in [0.25, 0.3) is 16.8 Å². The highest BCUT2D eigenvalue weighted by molar-refractivity contribution is 6.21. The maximum Gasteiger partial charge on any atom is 0.339 e. The van der Waals surface area contributed by atoms with Crippen molar-refractivity contribution in [2.45, 2.75) is 385 Å². The highest BCUT2D eigenvalue weighted by Crippen LogP contribution is 2.57. The molecule has 126 heavy (non-hydrogen) atoms. The van der Waals surface area contributed by atoms with Gasteiger partial charge in [0.05, 0.1) is 56.3 Å². The smallest absolute Gasteiger partial charge is 0.339 e. The summed E-state index contributed by atoms with van der Waals surface area (Å²) in [4.78, 5) is 102. The van der Waals surface area contributed by atoms with Crippen LogP contribution in [0.1, 0.15) is 412 Å². The minimum atomic E-state index is -4.21. The Hall–Kier alpha value is -8.58. The van der Waals surface area contributed by atoms with Crippen molar-refractivity contribution in [3.05, 3.63) is 179 Å². The number of carbonyl (C=O) groups is 6. The minimum Gasteiger partial charge on any atom is -0.494 e. The average Bonchev–Trinajstić information content (AvgIpc) is 0.657. The molecule has 0 saturated heterocycles. The van der Waals surface area contributed by atoms with Gasteiger partial charge in [-0.2, -0.15) is 0 Å². The number of unbranched alkanes of at least 4 members (excludes halogenated alkanes) is 42.